The number of carbonyl (C=O) groups excluding carboxylic acids is 1. The zero-order valence-corrected chi connectivity index (χ0v) is 16.5. The first-order chi connectivity index (χ1) is 11.1. The van der Waals surface area contributed by atoms with E-state index < -0.39 is 0 Å². The lowest BCUT2D eigenvalue weighted by atomic mass is 9.74. The summed E-state index contributed by atoms with van der Waals surface area (Å²) in [5, 5.41) is 3.08. The Morgan fingerprint density at radius 3 is 2.72 bits per heavy atom. The molecule has 1 saturated heterocycles. The van der Waals surface area contributed by atoms with Crippen LogP contribution in [0.4, 0.5) is 5.82 Å². The Bertz CT molecular complexity index is 562. The Morgan fingerprint density at radius 2 is 2.04 bits per heavy atom. The first-order valence-corrected chi connectivity index (χ1v) is 8.83. The smallest absolute Gasteiger partial charge is 0.225 e. The number of aromatic nitrogens is 1. The lowest BCUT2D eigenvalue weighted by Crippen LogP contribution is -2.52. The summed E-state index contributed by atoms with van der Waals surface area (Å²) < 4.78 is 0. The molecule has 1 aromatic rings. The van der Waals surface area contributed by atoms with Gasteiger partial charge in [-0.25, -0.2) is 4.98 Å². The molecule has 7 heteroatoms. The van der Waals surface area contributed by atoms with E-state index in [1.54, 1.807) is 0 Å². The summed E-state index contributed by atoms with van der Waals surface area (Å²) in [6, 6.07) is 4.07. The molecule has 142 valence electrons. The third kappa shape index (κ3) is 5.47. The molecule has 1 aromatic heterocycles. The van der Waals surface area contributed by atoms with Gasteiger partial charge in [-0.1, -0.05) is 12.8 Å². The molecule has 25 heavy (non-hydrogen) atoms. The average molecular weight is 389 g/mol. The molecular weight excluding hydrogens is 359 g/mol. The number of hydrogen-bond donors (Lipinski definition) is 2. The minimum Gasteiger partial charge on any atom is -0.357 e. The minimum absolute atomic E-state index is 0. The molecule has 1 amide bonds. The van der Waals surface area contributed by atoms with E-state index in [4.69, 9.17) is 5.73 Å². The summed E-state index contributed by atoms with van der Waals surface area (Å²) in [6.45, 7) is 4.72. The highest BCUT2D eigenvalue weighted by atomic mass is 35.5. The number of pyridine rings is 1. The standard InChI is InChI=1S/C18H28N4O.2ClH/c1-18(19)8-3-2-6-15(18)17(23)21-13-14-7-9-20-16(12-14)22-10-4-5-11-22;;/h7,9,12,15H,2-6,8,10-11,13,19H2,1H3,(H,21,23);2*1H. The van der Waals surface area contributed by atoms with Crippen LogP contribution in [-0.4, -0.2) is 29.5 Å². The maximum absolute atomic E-state index is 12.5. The zero-order valence-electron chi connectivity index (χ0n) is 14.9. The van der Waals surface area contributed by atoms with Crippen LogP contribution in [0.3, 0.4) is 0 Å². The maximum Gasteiger partial charge on any atom is 0.225 e. The number of hydrogen-bond acceptors (Lipinski definition) is 4. The van der Waals surface area contributed by atoms with Crippen molar-refractivity contribution in [3.63, 3.8) is 0 Å². The highest BCUT2D eigenvalue weighted by Gasteiger charge is 2.37. The molecule has 3 rings (SSSR count). The van der Waals surface area contributed by atoms with Crippen molar-refractivity contribution in [2.45, 2.75) is 57.5 Å². The van der Waals surface area contributed by atoms with Crippen LogP contribution < -0.4 is 16.0 Å². The van der Waals surface area contributed by atoms with Crippen LogP contribution in [0.15, 0.2) is 18.3 Å². The molecule has 0 radical (unpaired) electrons. The van der Waals surface area contributed by atoms with Crippen molar-refractivity contribution in [3.05, 3.63) is 23.9 Å². The molecule has 2 unspecified atom stereocenters. The molecule has 3 N–H and O–H groups in total. The Kier molecular flexibility index (Phi) is 8.45. The summed E-state index contributed by atoms with van der Waals surface area (Å²) in [6.07, 6.45) is 8.36. The number of nitrogens with one attached hydrogen (secondary N) is 1. The summed E-state index contributed by atoms with van der Waals surface area (Å²) in [4.78, 5) is 19.3. The monoisotopic (exact) mass is 388 g/mol. The largest absolute Gasteiger partial charge is 0.357 e. The van der Waals surface area contributed by atoms with Crippen LogP contribution in [-0.2, 0) is 11.3 Å². The zero-order chi connectivity index (χ0) is 16.3. The molecule has 2 fully saturated rings. The maximum atomic E-state index is 12.5. The number of halogens is 2. The first kappa shape index (κ1) is 22.0. The Morgan fingerprint density at radius 1 is 1.32 bits per heavy atom. The number of nitrogens with two attached hydrogens (primary N) is 1. The average Bonchev–Trinajstić information content (AvgIpc) is 3.07. The van der Waals surface area contributed by atoms with Gasteiger partial charge >= 0.3 is 0 Å². The van der Waals surface area contributed by atoms with Gasteiger partial charge in [-0.05, 0) is 50.3 Å². The Hall–Kier alpha value is -1.04. The summed E-state index contributed by atoms with van der Waals surface area (Å²) in [5.41, 5.74) is 7.05. The lowest BCUT2D eigenvalue weighted by molar-refractivity contribution is -0.128. The molecule has 0 bridgehead atoms. The molecule has 0 spiro atoms. The van der Waals surface area contributed by atoms with Crippen molar-refractivity contribution in [3.8, 4) is 0 Å². The van der Waals surface area contributed by atoms with Crippen molar-refractivity contribution in [2.24, 2.45) is 11.7 Å². The van der Waals surface area contributed by atoms with Crippen LogP contribution >= 0.6 is 24.8 Å². The summed E-state index contributed by atoms with van der Waals surface area (Å²) in [5.74, 6) is 1.04. The van der Waals surface area contributed by atoms with E-state index in [-0.39, 0.29) is 42.2 Å². The van der Waals surface area contributed by atoms with Crippen LogP contribution in [0.25, 0.3) is 0 Å². The minimum atomic E-state index is -0.374. The Labute approximate surface area is 163 Å². The van der Waals surface area contributed by atoms with Crippen molar-refractivity contribution < 1.29 is 4.79 Å². The Balaban J connectivity index is 0.00000156. The lowest BCUT2D eigenvalue weighted by Gasteiger charge is -2.37. The predicted octanol–water partition coefficient (Wildman–Crippen LogP) is 3.05. The van der Waals surface area contributed by atoms with E-state index in [0.29, 0.717) is 6.54 Å². The SMILES string of the molecule is CC1(N)CCCCC1C(=O)NCc1ccnc(N2CCCC2)c1.Cl.Cl. The number of rotatable bonds is 4. The van der Waals surface area contributed by atoms with Gasteiger partial charge in [-0.15, -0.1) is 24.8 Å². The van der Waals surface area contributed by atoms with E-state index in [1.165, 1.54) is 12.8 Å². The molecule has 2 heterocycles. The van der Waals surface area contributed by atoms with Gasteiger partial charge in [0.05, 0.1) is 5.92 Å². The molecule has 1 saturated carbocycles. The van der Waals surface area contributed by atoms with Gasteiger partial charge < -0.3 is 16.0 Å². The molecule has 2 atom stereocenters. The second kappa shape index (κ2) is 9.60. The van der Waals surface area contributed by atoms with Crippen molar-refractivity contribution in [1.82, 2.24) is 10.3 Å². The van der Waals surface area contributed by atoms with E-state index in [1.807, 2.05) is 19.2 Å². The van der Waals surface area contributed by atoms with E-state index in [2.05, 4.69) is 21.3 Å². The quantitative estimate of drug-likeness (QED) is 0.831. The number of carbonyl (C=O) groups is 1. The summed E-state index contributed by atoms with van der Waals surface area (Å²) >= 11 is 0. The fraction of sp³-hybridized carbons (Fsp3) is 0.667. The second-order valence-corrected chi connectivity index (χ2v) is 7.24. The van der Waals surface area contributed by atoms with Crippen LogP contribution in [0.2, 0.25) is 0 Å². The van der Waals surface area contributed by atoms with Gasteiger partial charge in [0.25, 0.3) is 0 Å². The predicted molar refractivity (Wildman–Crippen MR) is 107 cm³/mol. The van der Waals surface area contributed by atoms with Gasteiger partial charge in [0.2, 0.25) is 5.91 Å². The van der Waals surface area contributed by atoms with Crippen LogP contribution in [0.5, 0.6) is 0 Å². The van der Waals surface area contributed by atoms with Gasteiger partial charge in [0, 0.05) is 31.4 Å². The second-order valence-electron chi connectivity index (χ2n) is 7.24. The van der Waals surface area contributed by atoms with Gasteiger partial charge in [-0.3, -0.25) is 4.79 Å². The number of nitrogens with zero attached hydrogens (tertiary/aromatic N) is 2. The van der Waals surface area contributed by atoms with E-state index >= 15 is 0 Å². The van der Waals surface area contributed by atoms with E-state index in [9.17, 15) is 4.79 Å². The first-order valence-electron chi connectivity index (χ1n) is 8.83. The fourth-order valence-corrected chi connectivity index (χ4v) is 3.79. The third-order valence-electron chi connectivity index (χ3n) is 5.28. The molecule has 1 aliphatic carbocycles. The highest BCUT2D eigenvalue weighted by molar-refractivity contribution is 5.85. The molecule has 0 aromatic carbocycles. The summed E-state index contributed by atoms with van der Waals surface area (Å²) in [7, 11) is 0. The van der Waals surface area contributed by atoms with Gasteiger partial charge in [-0.2, -0.15) is 0 Å². The van der Waals surface area contributed by atoms with Gasteiger partial charge in [0.1, 0.15) is 5.82 Å². The molecule has 5 nitrogen and oxygen atoms in total. The number of anilines is 1. The number of amides is 1. The third-order valence-corrected chi connectivity index (χ3v) is 5.28. The van der Waals surface area contributed by atoms with Gasteiger partial charge in [0.15, 0.2) is 0 Å². The normalized spacial score (nSPS) is 25.7. The van der Waals surface area contributed by atoms with Crippen molar-refractivity contribution >= 4 is 36.5 Å². The molecular formula is C18H30Cl2N4O. The topological polar surface area (TPSA) is 71.2 Å². The van der Waals surface area contributed by atoms with E-state index in [0.717, 1.165) is 50.2 Å². The molecule has 2 aliphatic rings. The van der Waals surface area contributed by atoms with Crippen molar-refractivity contribution in [1.29, 1.82) is 0 Å². The van der Waals surface area contributed by atoms with Crippen LogP contribution in [0, 0.1) is 5.92 Å². The molecule has 1 aliphatic heterocycles. The highest BCUT2D eigenvalue weighted by Crippen LogP contribution is 2.31. The van der Waals surface area contributed by atoms with Crippen molar-refractivity contribution in [2.75, 3.05) is 18.0 Å². The van der Waals surface area contributed by atoms with Crippen LogP contribution in [0.1, 0.15) is 51.0 Å². The fourth-order valence-electron chi connectivity index (χ4n) is 3.79.